The average molecular weight is 447 g/mol. The number of methoxy groups -OCH3 is 2. The standard InChI is InChI=1S/C19H22FNO3.C4H4O4/c1-21-9-8-13-10-17(22-2)18(23-3)11-16(13)19(12-21)24-15-6-4-14(20)5-7-15;5-3(6)1-2-4(7)8/h4-7,10-11,19H,8-9,12H2,1-3H3;1-2H,(H,5,6)(H,7,8). The van der Waals surface area contributed by atoms with E-state index in [-0.39, 0.29) is 11.9 Å². The van der Waals surface area contributed by atoms with Gasteiger partial charge in [-0.05, 0) is 55.4 Å². The van der Waals surface area contributed by atoms with Gasteiger partial charge < -0.3 is 29.3 Å². The second kappa shape index (κ2) is 11.7. The first kappa shape index (κ1) is 24.7. The minimum atomic E-state index is -1.26. The Morgan fingerprint density at radius 1 is 1.03 bits per heavy atom. The number of carboxylic acid groups (broad SMARTS) is 2. The lowest BCUT2D eigenvalue weighted by Gasteiger charge is -2.23. The molecule has 172 valence electrons. The van der Waals surface area contributed by atoms with E-state index >= 15 is 0 Å². The quantitative estimate of drug-likeness (QED) is 0.651. The van der Waals surface area contributed by atoms with E-state index in [4.69, 9.17) is 24.4 Å². The van der Waals surface area contributed by atoms with Crippen molar-refractivity contribution in [1.82, 2.24) is 4.90 Å². The van der Waals surface area contributed by atoms with Gasteiger partial charge >= 0.3 is 11.9 Å². The average Bonchev–Trinajstić information content (AvgIpc) is 2.91. The Hall–Kier alpha value is -3.59. The van der Waals surface area contributed by atoms with Gasteiger partial charge in [-0.2, -0.15) is 0 Å². The first-order chi connectivity index (χ1) is 15.2. The molecule has 8 nitrogen and oxygen atoms in total. The highest BCUT2D eigenvalue weighted by Gasteiger charge is 2.25. The van der Waals surface area contributed by atoms with Crippen LogP contribution >= 0.6 is 0 Å². The molecule has 1 heterocycles. The van der Waals surface area contributed by atoms with Crippen molar-refractivity contribution in [3.05, 3.63) is 65.5 Å². The summed E-state index contributed by atoms with van der Waals surface area (Å²) in [6, 6.07) is 10.1. The molecule has 9 heteroatoms. The van der Waals surface area contributed by atoms with Crippen LogP contribution in [-0.2, 0) is 16.0 Å². The van der Waals surface area contributed by atoms with Crippen LogP contribution in [0.3, 0.4) is 0 Å². The van der Waals surface area contributed by atoms with Crippen molar-refractivity contribution < 1.29 is 38.4 Å². The van der Waals surface area contributed by atoms with Crippen molar-refractivity contribution in [2.45, 2.75) is 12.5 Å². The van der Waals surface area contributed by atoms with Gasteiger partial charge in [0.2, 0.25) is 0 Å². The van der Waals surface area contributed by atoms with Gasteiger partial charge in [0.25, 0.3) is 0 Å². The zero-order chi connectivity index (χ0) is 23.7. The lowest BCUT2D eigenvalue weighted by Crippen LogP contribution is -2.26. The Labute approximate surface area is 185 Å². The van der Waals surface area contributed by atoms with Crippen LogP contribution in [0, 0.1) is 5.82 Å². The molecule has 0 spiro atoms. The monoisotopic (exact) mass is 447 g/mol. The molecule has 0 radical (unpaired) electrons. The van der Waals surface area contributed by atoms with Crippen molar-refractivity contribution in [2.75, 3.05) is 34.4 Å². The van der Waals surface area contributed by atoms with Gasteiger partial charge in [-0.15, -0.1) is 0 Å². The third kappa shape index (κ3) is 7.28. The number of nitrogens with zero attached hydrogens (tertiary/aromatic N) is 1. The normalized spacial score (nSPS) is 15.7. The largest absolute Gasteiger partial charge is 0.493 e. The number of rotatable bonds is 6. The maximum absolute atomic E-state index is 13.1. The van der Waals surface area contributed by atoms with E-state index in [2.05, 4.69) is 11.9 Å². The summed E-state index contributed by atoms with van der Waals surface area (Å²) < 4.78 is 30.1. The van der Waals surface area contributed by atoms with E-state index in [0.29, 0.717) is 23.7 Å². The van der Waals surface area contributed by atoms with Crippen LogP contribution < -0.4 is 14.2 Å². The molecule has 2 N–H and O–H groups in total. The SMILES string of the molecule is COc1cc2c(cc1OC)C(Oc1ccc(F)cc1)CN(C)CC2.O=C(O)C=CC(=O)O. The fraction of sp³-hybridized carbons (Fsp3) is 0.304. The minimum absolute atomic E-state index is 0.155. The molecule has 0 amide bonds. The topological polar surface area (TPSA) is 106 Å². The van der Waals surface area contributed by atoms with Gasteiger partial charge in [-0.1, -0.05) is 0 Å². The smallest absolute Gasteiger partial charge is 0.328 e. The Morgan fingerprint density at radius 3 is 2.12 bits per heavy atom. The van der Waals surface area contributed by atoms with E-state index in [1.807, 2.05) is 12.1 Å². The lowest BCUT2D eigenvalue weighted by atomic mass is 10.00. The summed E-state index contributed by atoms with van der Waals surface area (Å²) in [6.07, 6.45) is 1.87. The molecule has 0 saturated heterocycles. The number of hydrogen-bond acceptors (Lipinski definition) is 6. The molecule has 1 aliphatic rings. The molecule has 0 fully saturated rings. The molecule has 1 aliphatic heterocycles. The highest BCUT2D eigenvalue weighted by Crippen LogP contribution is 2.36. The third-order valence-electron chi connectivity index (χ3n) is 4.69. The highest BCUT2D eigenvalue weighted by atomic mass is 19.1. The molecule has 0 bridgehead atoms. The zero-order valence-corrected chi connectivity index (χ0v) is 18.1. The molecule has 0 saturated carbocycles. The van der Waals surface area contributed by atoms with Crippen LogP contribution in [0.4, 0.5) is 4.39 Å². The van der Waals surface area contributed by atoms with E-state index in [1.54, 1.807) is 26.4 Å². The number of hydrogen-bond donors (Lipinski definition) is 2. The summed E-state index contributed by atoms with van der Waals surface area (Å²) in [4.78, 5) is 21.3. The summed E-state index contributed by atoms with van der Waals surface area (Å²) in [5.74, 6) is -0.723. The minimum Gasteiger partial charge on any atom is -0.493 e. The van der Waals surface area contributed by atoms with Gasteiger partial charge in [0.15, 0.2) is 11.5 Å². The number of aliphatic carboxylic acids is 2. The molecule has 0 aliphatic carbocycles. The third-order valence-corrected chi connectivity index (χ3v) is 4.69. The first-order valence-electron chi connectivity index (χ1n) is 9.73. The Bertz CT molecular complexity index is 944. The number of likely N-dealkylation sites (N-methyl/N-ethyl adjacent to an activating group) is 1. The first-order valence-corrected chi connectivity index (χ1v) is 9.73. The highest BCUT2D eigenvalue weighted by molar-refractivity contribution is 5.89. The summed E-state index contributed by atoms with van der Waals surface area (Å²) >= 11 is 0. The van der Waals surface area contributed by atoms with Crippen molar-refractivity contribution in [3.63, 3.8) is 0 Å². The molecule has 1 atom stereocenters. The van der Waals surface area contributed by atoms with Gasteiger partial charge in [0.05, 0.1) is 14.2 Å². The van der Waals surface area contributed by atoms with Gasteiger partial charge in [0.1, 0.15) is 17.7 Å². The second-order valence-electron chi connectivity index (χ2n) is 6.99. The molecule has 3 rings (SSSR count). The predicted molar refractivity (Wildman–Crippen MR) is 115 cm³/mol. The number of carboxylic acids is 2. The van der Waals surface area contributed by atoms with Gasteiger partial charge in [-0.25, -0.2) is 14.0 Å². The summed E-state index contributed by atoms with van der Waals surface area (Å²) in [5, 5.41) is 15.6. The summed E-state index contributed by atoms with van der Waals surface area (Å²) in [6.45, 7) is 1.69. The molecule has 2 aromatic carbocycles. The van der Waals surface area contributed by atoms with Crippen LogP contribution in [0.1, 0.15) is 17.2 Å². The van der Waals surface area contributed by atoms with Crippen molar-refractivity contribution in [1.29, 1.82) is 0 Å². The Morgan fingerprint density at radius 2 is 1.59 bits per heavy atom. The van der Waals surface area contributed by atoms with Gasteiger partial charge in [0, 0.05) is 30.8 Å². The van der Waals surface area contributed by atoms with Crippen LogP contribution in [0.15, 0.2) is 48.6 Å². The van der Waals surface area contributed by atoms with Crippen LogP contribution in [-0.4, -0.2) is 61.4 Å². The van der Waals surface area contributed by atoms with E-state index < -0.39 is 11.9 Å². The van der Waals surface area contributed by atoms with E-state index in [0.717, 1.165) is 30.8 Å². The lowest BCUT2D eigenvalue weighted by molar-refractivity contribution is -0.134. The maximum Gasteiger partial charge on any atom is 0.328 e. The molecular formula is C23H26FNO7. The van der Waals surface area contributed by atoms with Crippen LogP contribution in [0.25, 0.3) is 0 Å². The number of fused-ring (bicyclic) bond motifs is 1. The molecular weight excluding hydrogens is 421 g/mol. The Balaban J connectivity index is 0.000000390. The molecule has 1 unspecified atom stereocenters. The van der Waals surface area contributed by atoms with E-state index in [9.17, 15) is 14.0 Å². The number of ether oxygens (including phenoxy) is 3. The number of carbonyl (C=O) groups is 2. The number of halogens is 1. The van der Waals surface area contributed by atoms with Crippen LogP contribution in [0.5, 0.6) is 17.2 Å². The van der Waals surface area contributed by atoms with Crippen LogP contribution in [0.2, 0.25) is 0 Å². The van der Waals surface area contributed by atoms with Crippen molar-refractivity contribution >= 4 is 11.9 Å². The molecule has 32 heavy (non-hydrogen) atoms. The van der Waals surface area contributed by atoms with Gasteiger partial charge in [-0.3, -0.25) is 0 Å². The zero-order valence-electron chi connectivity index (χ0n) is 18.1. The maximum atomic E-state index is 13.1. The Kier molecular flexibility index (Phi) is 9.03. The fourth-order valence-electron chi connectivity index (χ4n) is 3.16. The number of benzene rings is 2. The summed E-state index contributed by atoms with van der Waals surface area (Å²) in [5.41, 5.74) is 2.27. The second-order valence-corrected chi connectivity index (χ2v) is 6.99. The van der Waals surface area contributed by atoms with Crippen molar-refractivity contribution in [2.24, 2.45) is 0 Å². The fourth-order valence-corrected chi connectivity index (χ4v) is 3.16. The summed E-state index contributed by atoms with van der Waals surface area (Å²) in [7, 11) is 5.34. The predicted octanol–water partition coefficient (Wildman–Crippen LogP) is 3.16. The van der Waals surface area contributed by atoms with Crippen molar-refractivity contribution in [3.8, 4) is 17.2 Å². The molecule has 2 aromatic rings. The molecule has 0 aromatic heterocycles. The van der Waals surface area contributed by atoms with E-state index in [1.165, 1.54) is 17.7 Å².